The lowest BCUT2D eigenvalue weighted by molar-refractivity contribution is 0.0743. The average Bonchev–Trinajstić information content (AvgIpc) is 2.53. The number of rotatable bonds is 4. The Kier molecular flexibility index (Phi) is 4.77. The van der Waals surface area contributed by atoms with Gasteiger partial charge in [-0.3, -0.25) is 4.79 Å². The zero-order valence-electron chi connectivity index (χ0n) is 11.9. The van der Waals surface area contributed by atoms with E-state index in [1.807, 2.05) is 31.2 Å². The van der Waals surface area contributed by atoms with E-state index < -0.39 is 0 Å². The molecule has 1 amide bonds. The van der Waals surface area contributed by atoms with Crippen molar-refractivity contribution in [2.75, 3.05) is 12.5 Å². The number of benzene rings is 1. The zero-order chi connectivity index (χ0) is 15.4. The molecule has 1 heterocycles. The summed E-state index contributed by atoms with van der Waals surface area (Å²) >= 11 is 6.19. The maximum atomic E-state index is 12.6. The maximum absolute atomic E-state index is 12.6. The minimum absolute atomic E-state index is 0.169. The molecular formula is C15H17ClN4O. The highest BCUT2D eigenvalue weighted by Gasteiger charge is 2.22. The molecule has 0 saturated carbocycles. The molecule has 0 saturated heterocycles. The largest absolute Gasteiger partial charge is 0.335 e. The number of aromatic nitrogens is 1. The van der Waals surface area contributed by atoms with Crippen LogP contribution in [0.5, 0.6) is 0 Å². The first-order valence-corrected chi connectivity index (χ1v) is 6.87. The molecule has 3 N–H and O–H groups in total. The third kappa shape index (κ3) is 3.15. The number of anilines is 1. The summed E-state index contributed by atoms with van der Waals surface area (Å²) in [5.41, 5.74) is 3.74. The van der Waals surface area contributed by atoms with E-state index in [9.17, 15) is 4.79 Å². The van der Waals surface area contributed by atoms with Crippen LogP contribution >= 0.6 is 11.6 Å². The van der Waals surface area contributed by atoms with Crippen molar-refractivity contribution in [1.82, 2.24) is 9.88 Å². The van der Waals surface area contributed by atoms with E-state index in [1.165, 1.54) is 0 Å². The fourth-order valence-electron chi connectivity index (χ4n) is 2.08. The Balaban J connectivity index is 2.29. The lowest BCUT2D eigenvalue weighted by atomic mass is 10.1. The van der Waals surface area contributed by atoms with E-state index in [0.717, 1.165) is 5.56 Å². The summed E-state index contributed by atoms with van der Waals surface area (Å²) in [7, 11) is 1.73. The lowest BCUT2D eigenvalue weighted by Crippen LogP contribution is -2.31. The Hall–Kier alpha value is -2.11. The molecule has 0 radical (unpaired) electrons. The van der Waals surface area contributed by atoms with Crippen molar-refractivity contribution in [3.05, 3.63) is 58.7 Å². The second kappa shape index (κ2) is 6.56. The number of nitrogen functional groups attached to an aromatic ring is 1. The third-order valence-electron chi connectivity index (χ3n) is 3.43. The van der Waals surface area contributed by atoms with Gasteiger partial charge < -0.3 is 10.3 Å². The Labute approximate surface area is 128 Å². The normalized spacial score (nSPS) is 11.8. The predicted octanol–water partition coefficient (Wildman–Crippen LogP) is 2.85. The molecule has 1 unspecified atom stereocenters. The summed E-state index contributed by atoms with van der Waals surface area (Å²) in [5.74, 6) is 5.57. The van der Waals surface area contributed by atoms with Crippen LogP contribution in [-0.2, 0) is 0 Å². The second-order valence-corrected chi connectivity index (χ2v) is 5.06. The minimum Gasteiger partial charge on any atom is -0.335 e. The van der Waals surface area contributed by atoms with Crippen molar-refractivity contribution in [3.8, 4) is 0 Å². The van der Waals surface area contributed by atoms with E-state index in [4.69, 9.17) is 17.4 Å². The van der Waals surface area contributed by atoms with Crippen molar-refractivity contribution >= 4 is 23.3 Å². The predicted molar refractivity (Wildman–Crippen MR) is 84.0 cm³/mol. The quantitative estimate of drug-likeness (QED) is 0.673. The molecule has 0 spiro atoms. The Morgan fingerprint density at radius 3 is 2.71 bits per heavy atom. The van der Waals surface area contributed by atoms with Gasteiger partial charge in [-0.25, -0.2) is 10.8 Å². The van der Waals surface area contributed by atoms with Crippen LogP contribution in [-0.4, -0.2) is 22.8 Å². The van der Waals surface area contributed by atoms with Gasteiger partial charge in [-0.05, 0) is 30.7 Å². The molecule has 2 aromatic rings. The van der Waals surface area contributed by atoms with Crippen LogP contribution in [0.15, 0.2) is 42.6 Å². The highest BCUT2D eigenvalue weighted by Crippen LogP contribution is 2.27. The summed E-state index contributed by atoms with van der Waals surface area (Å²) in [6.07, 6.45) is 1.57. The van der Waals surface area contributed by atoms with Crippen LogP contribution in [0.25, 0.3) is 0 Å². The number of hydrazine groups is 1. The van der Waals surface area contributed by atoms with E-state index in [0.29, 0.717) is 16.4 Å². The van der Waals surface area contributed by atoms with Gasteiger partial charge in [0.1, 0.15) is 0 Å². The van der Waals surface area contributed by atoms with E-state index in [1.54, 1.807) is 30.3 Å². The minimum atomic E-state index is -0.177. The fraction of sp³-hybridized carbons (Fsp3) is 0.200. The molecule has 1 aromatic carbocycles. The molecule has 0 aliphatic carbocycles. The molecule has 5 nitrogen and oxygen atoms in total. The molecular weight excluding hydrogens is 288 g/mol. The summed E-state index contributed by atoms with van der Waals surface area (Å²) in [5, 5.41) is 0.632. The maximum Gasteiger partial charge on any atom is 0.257 e. The van der Waals surface area contributed by atoms with Gasteiger partial charge in [0.05, 0.1) is 11.6 Å². The molecule has 0 aliphatic heterocycles. The van der Waals surface area contributed by atoms with E-state index in [-0.39, 0.29) is 11.9 Å². The van der Waals surface area contributed by atoms with Crippen LogP contribution in [0.2, 0.25) is 5.02 Å². The molecule has 21 heavy (non-hydrogen) atoms. The Morgan fingerprint density at radius 2 is 2.05 bits per heavy atom. The SMILES string of the molecule is CC(c1ccccc1Cl)N(C)C(=O)c1cccnc1NN. The molecule has 1 atom stereocenters. The highest BCUT2D eigenvalue weighted by molar-refractivity contribution is 6.31. The van der Waals surface area contributed by atoms with Gasteiger partial charge in [0, 0.05) is 18.3 Å². The Bertz CT molecular complexity index is 647. The van der Waals surface area contributed by atoms with Crippen molar-refractivity contribution < 1.29 is 4.79 Å². The van der Waals surface area contributed by atoms with E-state index in [2.05, 4.69) is 10.4 Å². The molecule has 0 bridgehead atoms. The number of nitrogens with two attached hydrogens (primary N) is 1. The van der Waals surface area contributed by atoms with Crippen LogP contribution < -0.4 is 11.3 Å². The standard InChI is InChI=1S/C15H17ClN4O/c1-10(11-6-3-4-8-13(11)16)20(2)15(21)12-7-5-9-18-14(12)19-17/h3-10H,17H2,1-2H3,(H,18,19). The number of halogens is 1. The van der Waals surface area contributed by atoms with Gasteiger partial charge in [-0.1, -0.05) is 29.8 Å². The van der Waals surface area contributed by atoms with Crippen molar-refractivity contribution in [1.29, 1.82) is 0 Å². The van der Waals surface area contributed by atoms with Gasteiger partial charge in [0.2, 0.25) is 0 Å². The monoisotopic (exact) mass is 304 g/mol. The zero-order valence-corrected chi connectivity index (χ0v) is 12.6. The summed E-state index contributed by atoms with van der Waals surface area (Å²) < 4.78 is 0. The highest BCUT2D eigenvalue weighted by atomic mass is 35.5. The Morgan fingerprint density at radius 1 is 1.33 bits per heavy atom. The molecule has 2 rings (SSSR count). The lowest BCUT2D eigenvalue weighted by Gasteiger charge is -2.26. The number of nitrogens with zero attached hydrogens (tertiary/aromatic N) is 2. The number of nitrogens with one attached hydrogen (secondary N) is 1. The molecule has 6 heteroatoms. The number of hydrogen-bond acceptors (Lipinski definition) is 4. The number of amides is 1. The van der Waals surface area contributed by atoms with Crippen molar-refractivity contribution in [2.24, 2.45) is 5.84 Å². The summed E-state index contributed by atoms with van der Waals surface area (Å²) in [6, 6.07) is 10.7. The average molecular weight is 305 g/mol. The van der Waals surface area contributed by atoms with Gasteiger partial charge in [0.15, 0.2) is 5.82 Å². The third-order valence-corrected chi connectivity index (χ3v) is 3.78. The second-order valence-electron chi connectivity index (χ2n) is 4.66. The van der Waals surface area contributed by atoms with Crippen LogP contribution in [0.1, 0.15) is 28.9 Å². The first kappa shape index (κ1) is 15.3. The number of pyridine rings is 1. The fourth-order valence-corrected chi connectivity index (χ4v) is 2.37. The van der Waals surface area contributed by atoms with E-state index >= 15 is 0 Å². The van der Waals surface area contributed by atoms with Crippen LogP contribution in [0.4, 0.5) is 5.82 Å². The van der Waals surface area contributed by atoms with Crippen molar-refractivity contribution in [3.63, 3.8) is 0 Å². The first-order valence-electron chi connectivity index (χ1n) is 6.49. The van der Waals surface area contributed by atoms with Crippen molar-refractivity contribution in [2.45, 2.75) is 13.0 Å². The van der Waals surface area contributed by atoms with Gasteiger partial charge in [-0.15, -0.1) is 0 Å². The van der Waals surface area contributed by atoms with Gasteiger partial charge in [0.25, 0.3) is 5.91 Å². The van der Waals surface area contributed by atoms with Gasteiger partial charge in [-0.2, -0.15) is 0 Å². The summed E-state index contributed by atoms with van der Waals surface area (Å²) in [4.78, 5) is 18.2. The topological polar surface area (TPSA) is 71.2 Å². The first-order chi connectivity index (χ1) is 10.1. The molecule has 1 aromatic heterocycles. The number of carbonyl (C=O) groups excluding carboxylic acids is 1. The molecule has 0 aliphatic rings. The summed E-state index contributed by atoms with van der Waals surface area (Å²) in [6.45, 7) is 1.92. The number of hydrogen-bond donors (Lipinski definition) is 2. The van der Waals surface area contributed by atoms with Crippen LogP contribution in [0.3, 0.4) is 0 Å². The molecule has 0 fully saturated rings. The van der Waals surface area contributed by atoms with Gasteiger partial charge >= 0.3 is 0 Å². The smallest absolute Gasteiger partial charge is 0.257 e. The number of carbonyl (C=O) groups is 1. The van der Waals surface area contributed by atoms with Crippen LogP contribution in [0, 0.1) is 0 Å². The molecule has 110 valence electrons.